The molecule has 0 saturated carbocycles. The molecule has 8 nitrogen and oxygen atoms in total. The molecule has 0 unspecified atom stereocenters. The lowest BCUT2D eigenvalue weighted by Crippen LogP contribution is -2.35. The number of aromatic amines is 2. The maximum Gasteiger partial charge on any atom is 0.228 e. The van der Waals surface area contributed by atoms with Crippen molar-refractivity contribution in [3.05, 3.63) is 65.9 Å². The highest BCUT2D eigenvalue weighted by atomic mass is 16.5. The first-order valence-electron chi connectivity index (χ1n) is 10.4. The zero-order valence-corrected chi connectivity index (χ0v) is 17.1. The molecule has 3 N–H and O–H groups in total. The zero-order valence-electron chi connectivity index (χ0n) is 17.1. The number of carbonyl (C=O) groups excluding carboxylic acids is 1. The van der Waals surface area contributed by atoms with Crippen LogP contribution in [0.4, 0.5) is 5.69 Å². The van der Waals surface area contributed by atoms with E-state index in [9.17, 15) is 4.79 Å². The van der Waals surface area contributed by atoms with Gasteiger partial charge in [-0.05, 0) is 23.3 Å². The number of carbonyl (C=O) groups is 1. The van der Waals surface area contributed by atoms with Crippen LogP contribution in [-0.4, -0.2) is 57.3 Å². The molecular weight excluding hydrogens is 392 g/mol. The lowest BCUT2D eigenvalue weighted by Gasteiger charge is -2.26. The Labute approximate surface area is 179 Å². The van der Waals surface area contributed by atoms with Crippen molar-refractivity contribution in [3.8, 4) is 11.5 Å². The molecule has 2 aromatic heterocycles. The molecule has 158 valence electrons. The van der Waals surface area contributed by atoms with Gasteiger partial charge in [0.05, 0.1) is 42.6 Å². The van der Waals surface area contributed by atoms with Crippen molar-refractivity contribution in [1.82, 2.24) is 25.1 Å². The van der Waals surface area contributed by atoms with E-state index in [1.165, 1.54) is 5.56 Å². The normalized spacial score (nSPS) is 14.7. The first-order chi connectivity index (χ1) is 15.2. The molecule has 8 heteroatoms. The third-order valence-electron chi connectivity index (χ3n) is 5.41. The monoisotopic (exact) mass is 416 g/mol. The Balaban J connectivity index is 1.32. The third-order valence-corrected chi connectivity index (χ3v) is 5.41. The topological polar surface area (TPSA) is 98.9 Å². The van der Waals surface area contributed by atoms with Crippen molar-refractivity contribution in [2.24, 2.45) is 0 Å². The highest BCUT2D eigenvalue weighted by molar-refractivity contribution is 5.95. The summed E-state index contributed by atoms with van der Waals surface area (Å²) in [6, 6.07) is 15.9. The van der Waals surface area contributed by atoms with E-state index >= 15 is 0 Å². The minimum absolute atomic E-state index is 0.0993. The third kappa shape index (κ3) is 4.50. The number of ether oxygens (including phenoxy) is 1. The standard InChI is InChI=1S/C23H24N6O2/c30-21(13-16-4-2-1-3-5-16)25-20-14-24-28-22(20)23-26-18-7-6-17(12-19(18)27-23)15-29-8-10-31-11-9-29/h1-7,12,14H,8-11,13,15H2,(H,24,28)(H,25,30)(H,26,27). The quantitative estimate of drug-likeness (QED) is 0.449. The van der Waals surface area contributed by atoms with Gasteiger partial charge in [-0.1, -0.05) is 36.4 Å². The second-order valence-electron chi connectivity index (χ2n) is 7.69. The van der Waals surface area contributed by atoms with Gasteiger partial charge in [-0.2, -0.15) is 5.10 Å². The molecule has 0 radical (unpaired) electrons. The maximum absolute atomic E-state index is 12.5. The Morgan fingerprint density at radius 1 is 1.10 bits per heavy atom. The van der Waals surface area contributed by atoms with Gasteiger partial charge in [0.25, 0.3) is 0 Å². The molecule has 4 aromatic rings. The minimum Gasteiger partial charge on any atom is -0.379 e. The van der Waals surface area contributed by atoms with Crippen LogP contribution in [0, 0.1) is 0 Å². The molecule has 0 spiro atoms. The summed E-state index contributed by atoms with van der Waals surface area (Å²) in [4.78, 5) is 22.9. The van der Waals surface area contributed by atoms with Crippen molar-refractivity contribution in [3.63, 3.8) is 0 Å². The summed E-state index contributed by atoms with van der Waals surface area (Å²) in [5.41, 5.74) is 5.28. The highest BCUT2D eigenvalue weighted by Gasteiger charge is 2.16. The molecule has 3 heterocycles. The van der Waals surface area contributed by atoms with Crippen LogP contribution in [0.1, 0.15) is 11.1 Å². The summed E-state index contributed by atoms with van der Waals surface area (Å²) in [5, 5.41) is 9.99. The van der Waals surface area contributed by atoms with Crippen LogP contribution < -0.4 is 5.32 Å². The van der Waals surface area contributed by atoms with Gasteiger partial charge in [-0.25, -0.2) is 4.98 Å². The molecule has 1 aliphatic rings. The number of hydrogen-bond acceptors (Lipinski definition) is 5. The van der Waals surface area contributed by atoms with Gasteiger partial charge < -0.3 is 15.0 Å². The molecule has 1 aliphatic heterocycles. The molecule has 1 saturated heterocycles. The Kier molecular flexibility index (Phi) is 5.47. The average Bonchev–Trinajstić information content (AvgIpc) is 3.41. The van der Waals surface area contributed by atoms with Gasteiger partial charge in [0, 0.05) is 19.6 Å². The van der Waals surface area contributed by atoms with Crippen molar-refractivity contribution in [2.75, 3.05) is 31.6 Å². The summed E-state index contributed by atoms with van der Waals surface area (Å²) in [6.07, 6.45) is 1.91. The summed E-state index contributed by atoms with van der Waals surface area (Å²) >= 11 is 0. The Morgan fingerprint density at radius 2 is 1.94 bits per heavy atom. The first-order valence-corrected chi connectivity index (χ1v) is 10.4. The maximum atomic E-state index is 12.5. The second-order valence-corrected chi connectivity index (χ2v) is 7.69. The molecule has 1 amide bonds. The van der Waals surface area contributed by atoms with Crippen LogP contribution in [0.25, 0.3) is 22.6 Å². The highest BCUT2D eigenvalue weighted by Crippen LogP contribution is 2.26. The van der Waals surface area contributed by atoms with E-state index in [1.807, 2.05) is 36.4 Å². The van der Waals surface area contributed by atoms with Gasteiger partial charge in [0.2, 0.25) is 5.91 Å². The van der Waals surface area contributed by atoms with Crippen molar-refractivity contribution >= 4 is 22.6 Å². The lowest BCUT2D eigenvalue weighted by atomic mass is 10.1. The van der Waals surface area contributed by atoms with Gasteiger partial charge in [-0.15, -0.1) is 0 Å². The smallest absolute Gasteiger partial charge is 0.228 e. The molecule has 0 atom stereocenters. The zero-order chi connectivity index (χ0) is 21.0. The predicted molar refractivity (Wildman–Crippen MR) is 119 cm³/mol. The molecule has 0 aliphatic carbocycles. The Hall–Kier alpha value is -3.49. The van der Waals surface area contributed by atoms with Gasteiger partial charge in [-0.3, -0.25) is 14.8 Å². The molecule has 2 aromatic carbocycles. The number of benzene rings is 2. The molecule has 5 rings (SSSR count). The van der Waals surface area contributed by atoms with Crippen molar-refractivity contribution < 1.29 is 9.53 Å². The van der Waals surface area contributed by atoms with Crippen LogP contribution in [0.2, 0.25) is 0 Å². The van der Waals surface area contributed by atoms with Crippen LogP contribution in [0.3, 0.4) is 0 Å². The van der Waals surface area contributed by atoms with Crippen LogP contribution in [-0.2, 0) is 22.5 Å². The van der Waals surface area contributed by atoms with Gasteiger partial charge >= 0.3 is 0 Å². The number of nitrogens with one attached hydrogen (secondary N) is 3. The fraction of sp³-hybridized carbons (Fsp3) is 0.261. The molecule has 0 bridgehead atoms. The van der Waals surface area contributed by atoms with E-state index in [0.717, 1.165) is 49.4 Å². The largest absolute Gasteiger partial charge is 0.379 e. The van der Waals surface area contributed by atoms with Gasteiger partial charge in [0.15, 0.2) is 5.82 Å². The van der Waals surface area contributed by atoms with Crippen molar-refractivity contribution in [2.45, 2.75) is 13.0 Å². The first kappa shape index (κ1) is 19.5. The minimum atomic E-state index is -0.0993. The van der Waals surface area contributed by atoms with Crippen LogP contribution >= 0.6 is 0 Å². The number of amides is 1. The molecular formula is C23H24N6O2. The molecule has 1 fully saturated rings. The SMILES string of the molecule is O=C(Cc1ccccc1)Nc1cn[nH]c1-c1nc2ccc(CN3CCOCC3)cc2[nH]1. The number of hydrogen-bond donors (Lipinski definition) is 3. The number of fused-ring (bicyclic) bond motifs is 1. The van der Waals surface area contributed by atoms with E-state index < -0.39 is 0 Å². The number of H-pyrrole nitrogens is 2. The van der Waals surface area contributed by atoms with E-state index in [-0.39, 0.29) is 5.91 Å². The van der Waals surface area contributed by atoms with E-state index in [4.69, 9.17) is 4.74 Å². The average molecular weight is 416 g/mol. The fourth-order valence-corrected chi connectivity index (χ4v) is 3.83. The van der Waals surface area contributed by atoms with E-state index in [2.05, 4.69) is 42.5 Å². The number of aromatic nitrogens is 4. The summed E-state index contributed by atoms with van der Waals surface area (Å²) in [7, 11) is 0. The van der Waals surface area contributed by atoms with Crippen LogP contribution in [0.15, 0.2) is 54.7 Å². The van der Waals surface area contributed by atoms with E-state index in [1.54, 1.807) is 6.20 Å². The summed E-state index contributed by atoms with van der Waals surface area (Å²) < 4.78 is 5.43. The van der Waals surface area contributed by atoms with E-state index in [0.29, 0.717) is 23.6 Å². The molecule has 31 heavy (non-hydrogen) atoms. The number of anilines is 1. The number of nitrogens with zero attached hydrogens (tertiary/aromatic N) is 3. The predicted octanol–water partition coefficient (Wildman–Crippen LogP) is 2.97. The van der Waals surface area contributed by atoms with Crippen LogP contribution in [0.5, 0.6) is 0 Å². The number of imidazole rings is 1. The lowest BCUT2D eigenvalue weighted by molar-refractivity contribution is -0.115. The summed E-state index contributed by atoms with van der Waals surface area (Å²) in [5.74, 6) is 0.545. The number of morpholine rings is 1. The number of rotatable bonds is 6. The summed E-state index contributed by atoms with van der Waals surface area (Å²) in [6.45, 7) is 4.36. The van der Waals surface area contributed by atoms with Crippen molar-refractivity contribution in [1.29, 1.82) is 0 Å². The van der Waals surface area contributed by atoms with Gasteiger partial charge in [0.1, 0.15) is 5.69 Å². The second kappa shape index (κ2) is 8.71. The fourth-order valence-electron chi connectivity index (χ4n) is 3.83. The Morgan fingerprint density at radius 3 is 2.77 bits per heavy atom. The Bertz CT molecular complexity index is 1180.